The van der Waals surface area contributed by atoms with E-state index in [0.717, 1.165) is 35.3 Å². The minimum Gasteiger partial charge on any atom is -0.322 e. The SMILES string of the molecule is Cc1c(CN2CCN(C(=O)Nc3cccnc3)CC2)sc2ccc(F)cc12. The van der Waals surface area contributed by atoms with E-state index >= 15 is 0 Å². The van der Waals surface area contributed by atoms with Crippen LogP contribution in [-0.4, -0.2) is 47.0 Å². The summed E-state index contributed by atoms with van der Waals surface area (Å²) in [5, 5.41) is 3.88. The van der Waals surface area contributed by atoms with E-state index in [1.165, 1.54) is 10.9 Å². The Labute approximate surface area is 161 Å². The number of hydrogen-bond donors (Lipinski definition) is 1. The van der Waals surface area contributed by atoms with Gasteiger partial charge in [-0.3, -0.25) is 9.88 Å². The van der Waals surface area contributed by atoms with Gasteiger partial charge in [-0.05, 0) is 48.2 Å². The lowest BCUT2D eigenvalue weighted by Gasteiger charge is -2.34. The molecule has 0 unspecified atom stereocenters. The monoisotopic (exact) mass is 384 g/mol. The van der Waals surface area contributed by atoms with E-state index in [4.69, 9.17) is 0 Å². The Morgan fingerprint density at radius 2 is 2.07 bits per heavy atom. The van der Waals surface area contributed by atoms with Gasteiger partial charge in [0.25, 0.3) is 0 Å². The number of anilines is 1. The molecule has 3 aromatic rings. The van der Waals surface area contributed by atoms with Crippen LogP contribution in [0.2, 0.25) is 0 Å². The Morgan fingerprint density at radius 1 is 1.26 bits per heavy atom. The average Bonchev–Trinajstić information content (AvgIpc) is 2.98. The Morgan fingerprint density at radius 3 is 2.81 bits per heavy atom. The Balaban J connectivity index is 1.36. The number of fused-ring (bicyclic) bond motifs is 1. The van der Waals surface area contributed by atoms with Crippen LogP contribution in [0.4, 0.5) is 14.9 Å². The van der Waals surface area contributed by atoms with E-state index in [-0.39, 0.29) is 11.8 Å². The number of benzene rings is 1. The molecular weight excluding hydrogens is 363 g/mol. The summed E-state index contributed by atoms with van der Waals surface area (Å²) in [5.74, 6) is -0.191. The maximum Gasteiger partial charge on any atom is 0.321 e. The summed E-state index contributed by atoms with van der Waals surface area (Å²) in [7, 11) is 0. The lowest BCUT2D eigenvalue weighted by molar-refractivity contribution is 0.143. The van der Waals surface area contributed by atoms with Crippen LogP contribution in [0.3, 0.4) is 0 Å². The number of nitrogens with zero attached hydrogens (tertiary/aromatic N) is 3. The summed E-state index contributed by atoms with van der Waals surface area (Å²) < 4.78 is 14.6. The Hall–Kier alpha value is -2.51. The van der Waals surface area contributed by atoms with Gasteiger partial charge in [-0.15, -0.1) is 11.3 Å². The van der Waals surface area contributed by atoms with Crippen molar-refractivity contribution >= 4 is 33.1 Å². The van der Waals surface area contributed by atoms with Gasteiger partial charge in [0, 0.05) is 48.5 Å². The highest BCUT2D eigenvalue weighted by Crippen LogP contribution is 2.32. The van der Waals surface area contributed by atoms with Gasteiger partial charge < -0.3 is 10.2 Å². The molecule has 0 saturated carbocycles. The first kappa shape index (κ1) is 17.9. The van der Waals surface area contributed by atoms with Gasteiger partial charge in [0.15, 0.2) is 0 Å². The number of aromatic nitrogens is 1. The number of thiophene rings is 1. The maximum atomic E-state index is 13.5. The molecule has 1 N–H and O–H groups in total. The van der Waals surface area contributed by atoms with Crippen LogP contribution in [0.15, 0.2) is 42.7 Å². The molecule has 2 aromatic heterocycles. The van der Waals surface area contributed by atoms with E-state index < -0.39 is 0 Å². The van der Waals surface area contributed by atoms with E-state index in [1.807, 2.05) is 17.0 Å². The number of carbonyl (C=O) groups is 1. The van der Waals surface area contributed by atoms with Gasteiger partial charge in [0.05, 0.1) is 11.9 Å². The average molecular weight is 384 g/mol. The van der Waals surface area contributed by atoms with Gasteiger partial charge in [-0.25, -0.2) is 9.18 Å². The molecule has 0 radical (unpaired) electrons. The zero-order valence-corrected chi connectivity index (χ0v) is 15.9. The minimum absolute atomic E-state index is 0.0869. The highest BCUT2D eigenvalue weighted by molar-refractivity contribution is 7.19. The second-order valence-electron chi connectivity index (χ2n) is 6.73. The molecular formula is C20H21FN4OS. The molecule has 1 saturated heterocycles. The number of hydrogen-bond acceptors (Lipinski definition) is 4. The van der Waals surface area contributed by atoms with E-state index in [9.17, 15) is 9.18 Å². The number of aryl methyl sites for hydroxylation is 1. The summed E-state index contributed by atoms with van der Waals surface area (Å²) in [6.07, 6.45) is 3.32. The van der Waals surface area contributed by atoms with Crippen LogP contribution in [0.25, 0.3) is 10.1 Å². The van der Waals surface area contributed by atoms with Crippen LogP contribution < -0.4 is 5.32 Å². The summed E-state index contributed by atoms with van der Waals surface area (Å²) in [4.78, 5) is 21.8. The molecule has 1 fully saturated rings. The largest absolute Gasteiger partial charge is 0.322 e. The van der Waals surface area contributed by atoms with Crippen molar-refractivity contribution in [2.45, 2.75) is 13.5 Å². The number of pyridine rings is 1. The third kappa shape index (κ3) is 3.94. The van der Waals surface area contributed by atoms with Crippen molar-refractivity contribution in [3.05, 3.63) is 59.0 Å². The summed E-state index contributed by atoms with van der Waals surface area (Å²) >= 11 is 1.73. The molecule has 0 spiro atoms. The number of carbonyl (C=O) groups excluding carboxylic acids is 1. The fraction of sp³-hybridized carbons (Fsp3) is 0.300. The third-order valence-electron chi connectivity index (χ3n) is 4.94. The number of rotatable bonds is 3. The number of halogens is 1. The second kappa shape index (κ2) is 7.62. The molecule has 5 nitrogen and oxygen atoms in total. The quantitative estimate of drug-likeness (QED) is 0.740. The number of piperazine rings is 1. The van der Waals surface area contributed by atoms with Crippen molar-refractivity contribution in [1.29, 1.82) is 0 Å². The predicted molar refractivity (Wildman–Crippen MR) is 107 cm³/mol. The van der Waals surface area contributed by atoms with Gasteiger partial charge in [0.2, 0.25) is 0 Å². The first-order valence-electron chi connectivity index (χ1n) is 8.96. The number of nitrogens with one attached hydrogen (secondary N) is 1. The number of amides is 2. The molecule has 1 aliphatic rings. The lowest BCUT2D eigenvalue weighted by atomic mass is 10.1. The van der Waals surface area contributed by atoms with Crippen LogP contribution in [-0.2, 0) is 6.54 Å². The first-order valence-corrected chi connectivity index (χ1v) is 9.77. The zero-order chi connectivity index (χ0) is 18.8. The van der Waals surface area contributed by atoms with Crippen molar-refractivity contribution in [2.75, 3.05) is 31.5 Å². The van der Waals surface area contributed by atoms with Crippen molar-refractivity contribution in [3.63, 3.8) is 0 Å². The fourth-order valence-corrected chi connectivity index (χ4v) is 4.58. The molecule has 27 heavy (non-hydrogen) atoms. The van der Waals surface area contributed by atoms with Gasteiger partial charge >= 0.3 is 6.03 Å². The third-order valence-corrected chi connectivity index (χ3v) is 6.19. The smallest absolute Gasteiger partial charge is 0.321 e. The van der Waals surface area contributed by atoms with Crippen LogP contribution in [0.5, 0.6) is 0 Å². The fourth-order valence-electron chi connectivity index (χ4n) is 3.35. The number of urea groups is 1. The Bertz CT molecular complexity index is 951. The van der Waals surface area contributed by atoms with Crippen molar-refractivity contribution in [2.24, 2.45) is 0 Å². The van der Waals surface area contributed by atoms with Gasteiger partial charge in [0.1, 0.15) is 5.82 Å². The molecule has 0 bridgehead atoms. The van der Waals surface area contributed by atoms with Crippen molar-refractivity contribution < 1.29 is 9.18 Å². The topological polar surface area (TPSA) is 48.5 Å². The molecule has 1 aliphatic heterocycles. The molecule has 7 heteroatoms. The minimum atomic E-state index is -0.191. The van der Waals surface area contributed by atoms with Gasteiger partial charge in [-0.2, -0.15) is 0 Å². The van der Waals surface area contributed by atoms with E-state index in [1.54, 1.807) is 35.9 Å². The summed E-state index contributed by atoms with van der Waals surface area (Å²) in [6, 6.07) is 8.52. The zero-order valence-electron chi connectivity index (χ0n) is 15.1. The van der Waals surface area contributed by atoms with Gasteiger partial charge in [-0.1, -0.05) is 0 Å². The molecule has 1 aromatic carbocycles. The Kier molecular flexibility index (Phi) is 5.05. The first-order chi connectivity index (χ1) is 13.1. The molecule has 0 aliphatic carbocycles. The van der Waals surface area contributed by atoms with E-state index in [2.05, 4.69) is 22.1 Å². The van der Waals surface area contributed by atoms with Crippen molar-refractivity contribution in [3.8, 4) is 0 Å². The highest BCUT2D eigenvalue weighted by atomic mass is 32.1. The lowest BCUT2D eigenvalue weighted by Crippen LogP contribution is -2.49. The second-order valence-corrected chi connectivity index (χ2v) is 7.86. The van der Waals surface area contributed by atoms with E-state index in [0.29, 0.717) is 18.8 Å². The van der Waals surface area contributed by atoms with Crippen LogP contribution in [0.1, 0.15) is 10.4 Å². The van der Waals surface area contributed by atoms with Crippen LogP contribution >= 0.6 is 11.3 Å². The van der Waals surface area contributed by atoms with Crippen molar-refractivity contribution in [1.82, 2.24) is 14.8 Å². The molecule has 3 heterocycles. The molecule has 4 rings (SSSR count). The molecule has 0 atom stereocenters. The predicted octanol–water partition coefficient (Wildman–Crippen LogP) is 4.09. The van der Waals surface area contributed by atoms with Crippen LogP contribution in [0, 0.1) is 12.7 Å². The summed E-state index contributed by atoms with van der Waals surface area (Å²) in [6.45, 7) is 5.91. The maximum absolute atomic E-state index is 13.5. The molecule has 2 amide bonds. The summed E-state index contributed by atoms with van der Waals surface area (Å²) in [5.41, 5.74) is 1.87. The normalized spacial score (nSPS) is 15.3. The standard InChI is InChI=1S/C20H21FN4OS/c1-14-17-11-15(21)4-5-18(17)27-19(14)13-24-7-9-25(10-8-24)20(26)23-16-3-2-6-22-12-16/h2-6,11-12H,7-10,13H2,1H3,(H,23,26). The highest BCUT2D eigenvalue weighted by Gasteiger charge is 2.22. The molecule has 140 valence electrons.